The average Bonchev–Trinajstić information content (AvgIpc) is 2.89. The lowest BCUT2D eigenvalue weighted by Gasteiger charge is -2.17. The molecule has 0 bridgehead atoms. The van der Waals surface area contributed by atoms with Crippen molar-refractivity contribution in [2.45, 2.75) is 13.0 Å². The van der Waals surface area contributed by atoms with Crippen LogP contribution in [-0.4, -0.2) is 4.98 Å². The third-order valence-electron chi connectivity index (χ3n) is 3.19. The van der Waals surface area contributed by atoms with Crippen LogP contribution in [0.2, 0.25) is 10.0 Å². The molecular formula is C15H11Cl2FN2S. The minimum Gasteiger partial charge on any atom is -0.376 e. The molecule has 21 heavy (non-hydrogen) atoms. The summed E-state index contributed by atoms with van der Waals surface area (Å²) in [6.45, 7) is 1.98. The number of halogens is 3. The molecule has 0 saturated carbocycles. The molecule has 0 aliphatic rings. The minimum atomic E-state index is -0.454. The van der Waals surface area contributed by atoms with Gasteiger partial charge in [-0.15, -0.1) is 11.3 Å². The van der Waals surface area contributed by atoms with E-state index in [1.165, 1.54) is 12.1 Å². The molecule has 3 aromatic rings. The zero-order chi connectivity index (χ0) is 15.0. The first-order valence-corrected chi connectivity index (χ1v) is 7.92. The van der Waals surface area contributed by atoms with E-state index >= 15 is 0 Å². The Bertz CT molecular complexity index is 780. The zero-order valence-corrected chi connectivity index (χ0v) is 13.4. The van der Waals surface area contributed by atoms with E-state index in [0.717, 1.165) is 15.8 Å². The summed E-state index contributed by atoms with van der Waals surface area (Å²) in [6.07, 6.45) is 1.82. The van der Waals surface area contributed by atoms with Crippen molar-refractivity contribution >= 4 is 50.4 Å². The van der Waals surface area contributed by atoms with Gasteiger partial charge in [0.05, 0.1) is 32.0 Å². The van der Waals surface area contributed by atoms with Crippen molar-refractivity contribution < 1.29 is 4.39 Å². The highest BCUT2D eigenvalue weighted by Crippen LogP contribution is 2.34. The lowest BCUT2D eigenvalue weighted by Crippen LogP contribution is -2.08. The number of thiophene rings is 1. The number of fused-ring (bicyclic) bond motifs is 1. The highest BCUT2D eigenvalue weighted by Gasteiger charge is 2.13. The summed E-state index contributed by atoms with van der Waals surface area (Å²) >= 11 is 13.7. The molecule has 1 atom stereocenters. The Morgan fingerprint density at radius 3 is 2.67 bits per heavy atom. The van der Waals surface area contributed by atoms with E-state index in [0.29, 0.717) is 5.69 Å². The maximum atomic E-state index is 13.2. The topological polar surface area (TPSA) is 24.9 Å². The smallest absolute Gasteiger partial charge is 0.126 e. The van der Waals surface area contributed by atoms with Crippen LogP contribution in [0.1, 0.15) is 18.5 Å². The third kappa shape index (κ3) is 2.98. The summed E-state index contributed by atoms with van der Waals surface area (Å²) in [6, 6.07) is 6.49. The van der Waals surface area contributed by atoms with E-state index in [4.69, 9.17) is 23.2 Å². The summed E-state index contributed by atoms with van der Waals surface area (Å²) in [5.74, 6) is -0.454. The predicted molar refractivity (Wildman–Crippen MR) is 88.1 cm³/mol. The number of anilines is 1. The standard InChI is InChI=1S/C15H11Cl2FN2S/c1-8(9-4-14-13(19-7-9)2-3-21-14)20-15-11(16)5-10(18)6-12(15)17/h2-8,20H,1H3. The van der Waals surface area contributed by atoms with Crippen LogP contribution in [0.15, 0.2) is 35.8 Å². The van der Waals surface area contributed by atoms with E-state index in [1.54, 1.807) is 11.3 Å². The van der Waals surface area contributed by atoms with Gasteiger partial charge in [-0.05, 0) is 42.1 Å². The predicted octanol–water partition coefficient (Wildman–Crippen LogP) is 5.92. The summed E-state index contributed by atoms with van der Waals surface area (Å²) in [4.78, 5) is 4.41. The number of hydrogen-bond acceptors (Lipinski definition) is 3. The average molecular weight is 341 g/mol. The Morgan fingerprint density at radius 2 is 1.95 bits per heavy atom. The molecule has 3 rings (SSSR count). The van der Waals surface area contributed by atoms with Gasteiger partial charge in [0.15, 0.2) is 0 Å². The van der Waals surface area contributed by atoms with Crippen molar-refractivity contribution in [1.29, 1.82) is 0 Å². The normalized spacial score (nSPS) is 12.6. The van der Waals surface area contributed by atoms with Crippen molar-refractivity contribution in [3.8, 4) is 0 Å². The molecule has 1 unspecified atom stereocenters. The van der Waals surface area contributed by atoms with Crippen LogP contribution in [0.5, 0.6) is 0 Å². The third-order valence-corrected chi connectivity index (χ3v) is 4.64. The molecule has 0 aliphatic carbocycles. The Kier molecular flexibility index (Phi) is 4.02. The maximum absolute atomic E-state index is 13.2. The zero-order valence-electron chi connectivity index (χ0n) is 11.0. The molecule has 1 N–H and O–H groups in total. The van der Waals surface area contributed by atoms with E-state index in [2.05, 4.69) is 16.4 Å². The van der Waals surface area contributed by atoms with Gasteiger partial charge in [-0.1, -0.05) is 23.2 Å². The van der Waals surface area contributed by atoms with Gasteiger partial charge >= 0.3 is 0 Å². The summed E-state index contributed by atoms with van der Waals surface area (Å²) in [5.41, 5.74) is 2.52. The molecule has 0 fully saturated rings. The fourth-order valence-corrected chi connectivity index (χ4v) is 3.44. The van der Waals surface area contributed by atoms with Gasteiger partial charge in [-0.2, -0.15) is 0 Å². The van der Waals surface area contributed by atoms with Crippen LogP contribution < -0.4 is 5.32 Å². The fraction of sp³-hybridized carbons (Fsp3) is 0.133. The molecule has 108 valence electrons. The van der Waals surface area contributed by atoms with Crippen LogP contribution in [0, 0.1) is 5.82 Å². The number of nitrogens with zero attached hydrogens (tertiary/aromatic N) is 1. The molecule has 0 saturated heterocycles. The second kappa shape index (κ2) is 5.79. The van der Waals surface area contributed by atoms with E-state index in [-0.39, 0.29) is 16.1 Å². The number of hydrogen-bond donors (Lipinski definition) is 1. The highest BCUT2D eigenvalue weighted by atomic mass is 35.5. The molecule has 6 heteroatoms. The molecule has 2 heterocycles. The van der Waals surface area contributed by atoms with Gasteiger partial charge in [-0.3, -0.25) is 4.98 Å². The Morgan fingerprint density at radius 1 is 1.24 bits per heavy atom. The van der Waals surface area contributed by atoms with Gasteiger partial charge in [0.25, 0.3) is 0 Å². The van der Waals surface area contributed by atoms with Crippen LogP contribution in [0.3, 0.4) is 0 Å². The minimum absolute atomic E-state index is 0.0514. The SMILES string of the molecule is CC(Nc1c(Cl)cc(F)cc1Cl)c1cnc2ccsc2c1. The quantitative estimate of drug-likeness (QED) is 0.640. The van der Waals surface area contributed by atoms with Crippen molar-refractivity contribution in [3.05, 3.63) is 57.3 Å². The monoisotopic (exact) mass is 340 g/mol. The van der Waals surface area contributed by atoms with Crippen molar-refractivity contribution in [1.82, 2.24) is 4.98 Å². The van der Waals surface area contributed by atoms with Crippen molar-refractivity contribution in [3.63, 3.8) is 0 Å². The lowest BCUT2D eigenvalue weighted by atomic mass is 10.1. The van der Waals surface area contributed by atoms with Crippen LogP contribution in [0.25, 0.3) is 10.2 Å². The van der Waals surface area contributed by atoms with Gasteiger partial charge in [-0.25, -0.2) is 4.39 Å². The summed E-state index contributed by atoms with van der Waals surface area (Å²) in [7, 11) is 0. The van der Waals surface area contributed by atoms with E-state index in [1.807, 2.05) is 24.6 Å². The summed E-state index contributed by atoms with van der Waals surface area (Å²) < 4.78 is 14.3. The first-order chi connectivity index (χ1) is 10.0. The first kappa shape index (κ1) is 14.6. The number of aromatic nitrogens is 1. The first-order valence-electron chi connectivity index (χ1n) is 6.29. The fourth-order valence-electron chi connectivity index (χ4n) is 2.08. The number of nitrogens with one attached hydrogen (secondary N) is 1. The van der Waals surface area contributed by atoms with E-state index < -0.39 is 5.82 Å². The molecule has 0 aliphatic heterocycles. The van der Waals surface area contributed by atoms with Gasteiger partial charge < -0.3 is 5.32 Å². The largest absolute Gasteiger partial charge is 0.376 e. The molecule has 1 aromatic carbocycles. The van der Waals surface area contributed by atoms with Crippen LogP contribution >= 0.6 is 34.5 Å². The number of rotatable bonds is 3. The Labute approximate surface area is 135 Å². The number of benzene rings is 1. The summed E-state index contributed by atoms with van der Waals surface area (Å²) in [5, 5.41) is 5.74. The molecule has 0 spiro atoms. The second-order valence-corrected chi connectivity index (χ2v) is 6.45. The maximum Gasteiger partial charge on any atom is 0.126 e. The second-order valence-electron chi connectivity index (χ2n) is 4.68. The van der Waals surface area contributed by atoms with Gasteiger partial charge in [0, 0.05) is 6.20 Å². The van der Waals surface area contributed by atoms with Gasteiger partial charge in [0.2, 0.25) is 0 Å². The molecule has 2 nitrogen and oxygen atoms in total. The van der Waals surface area contributed by atoms with Crippen LogP contribution in [0.4, 0.5) is 10.1 Å². The highest BCUT2D eigenvalue weighted by molar-refractivity contribution is 7.17. The molecule has 2 aromatic heterocycles. The van der Waals surface area contributed by atoms with Crippen LogP contribution in [-0.2, 0) is 0 Å². The number of pyridine rings is 1. The van der Waals surface area contributed by atoms with Crippen molar-refractivity contribution in [2.75, 3.05) is 5.32 Å². The Hall–Kier alpha value is -1.36. The van der Waals surface area contributed by atoms with Gasteiger partial charge in [0.1, 0.15) is 5.82 Å². The van der Waals surface area contributed by atoms with E-state index in [9.17, 15) is 4.39 Å². The lowest BCUT2D eigenvalue weighted by molar-refractivity contribution is 0.628. The molecular weight excluding hydrogens is 330 g/mol. The Balaban J connectivity index is 1.90. The van der Waals surface area contributed by atoms with Crippen molar-refractivity contribution in [2.24, 2.45) is 0 Å². The molecule has 0 amide bonds. The molecule has 0 radical (unpaired) electrons.